The van der Waals surface area contributed by atoms with Crippen molar-refractivity contribution in [2.24, 2.45) is 5.73 Å². The number of aliphatic hydroxyl groups is 2. The van der Waals surface area contributed by atoms with Crippen LogP contribution in [0.2, 0.25) is 0 Å². The van der Waals surface area contributed by atoms with Gasteiger partial charge in [0.2, 0.25) is 0 Å². The van der Waals surface area contributed by atoms with Crippen LogP contribution in [0.1, 0.15) is 12.6 Å². The van der Waals surface area contributed by atoms with Crippen molar-refractivity contribution in [1.29, 1.82) is 0 Å². The summed E-state index contributed by atoms with van der Waals surface area (Å²) in [5.74, 6) is 0. The zero-order valence-electron chi connectivity index (χ0n) is 12.8. The van der Waals surface area contributed by atoms with E-state index in [9.17, 15) is 10.2 Å². The summed E-state index contributed by atoms with van der Waals surface area (Å²) in [7, 11) is 0. The third kappa shape index (κ3) is 2.66. The summed E-state index contributed by atoms with van der Waals surface area (Å²) in [5.41, 5.74) is 6.96. The third-order valence-corrected chi connectivity index (χ3v) is 4.36. The molecule has 0 aliphatic carbocycles. The van der Waals surface area contributed by atoms with Crippen molar-refractivity contribution in [3.05, 3.63) is 18.9 Å². The maximum Gasteiger partial charge on any atom is 0.172 e. The van der Waals surface area contributed by atoms with Gasteiger partial charge in [0.25, 0.3) is 0 Å². The van der Waals surface area contributed by atoms with Gasteiger partial charge in [-0.15, -0.1) is 0 Å². The fraction of sp³-hybridized carbons (Fsp3) is 0.643. The number of hydrogen-bond donors (Lipinski definition) is 3. The standard InChI is InChI=1S/C14H19N5O5/c15-7-1-2-22-14(7)23-4-9-10(20)11(21)13(24-9)19-6-18-8-3-16-5-17-12(8)19/h3,5-7,9-11,13-14,20-21H,1-2,4,15H2/t7-,9-,10-,11-,13-,14?/m1/s1. The monoisotopic (exact) mass is 337 g/mol. The molecular formula is C14H19N5O5. The highest BCUT2D eigenvalue weighted by Crippen LogP contribution is 2.31. The molecule has 130 valence electrons. The Morgan fingerprint density at radius 3 is 3.00 bits per heavy atom. The average molecular weight is 337 g/mol. The van der Waals surface area contributed by atoms with Crippen LogP contribution in [0, 0.1) is 0 Å². The summed E-state index contributed by atoms with van der Waals surface area (Å²) in [6, 6.07) is -0.196. The molecule has 0 aromatic carbocycles. The fourth-order valence-electron chi connectivity index (χ4n) is 3.01. The van der Waals surface area contributed by atoms with E-state index < -0.39 is 30.8 Å². The van der Waals surface area contributed by atoms with Crippen LogP contribution < -0.4 is 5.73 Å². The summed E-state index contributed by atoms with van der Waals surface area (Å²) >= 11 is 0. The van der Waals surface area contributed by atoms with Crippen LogP contribution in [-0.4, -0.2) is 73.6 Å². The first kappa shape index (κ1) is 15.8. The quantitative estimate of drug-likeness (QED) is 0.610. The molecule has 2 aliphatic heterocycles. The Hall–Kier alpha value is -1.69. The lowest BCUT2D eigenvalue weighted by Gasteiger charge is -2.20. The molecule has 0 saturated carbocycles. The number of hydrogen-bond acceptors (Lipinski definition) is 9. The van der Waals surface area contributed by atoms with Gasteiger partial charge in [0.1, 0.15) is 30.2 Å². The molecule has 2 aromatic rings. The summed E-state index contributed by atoms with van der Waals surface area (Å²) in [4.78, 5) is 12.2. The van der Waals surface area contributed by atoms with Crippen molar-refractivity contribution in [1.82, 2.24) is 19.5 Å². The van der Waals surface area contributed by atoms with Crippen LogP contribution in [0.25, 0.3) is 11.2 Å². The molecule has 1 unspecified atom stereocenters. The van der Waals surface area contributed by atoms with Gasteiger partial charge in [-0.3, -0.25) is 4.57 Å². The number of aromatic nitrogens is 4. The maximum absolute atomic E-state index is 10.3. The summed E-state index contributed by atoms with van der Waals surface area (Å²) in [5, 5.41) is 20.6. The Morgan fingerprint density at radius 1 is 1.33 bits per heavy atom. The van der Waals surface area contributed by atoms with Crippen LogP contribution in [0.3, 0.4) is 0 Å². The third-order valence-electron chi connectivity index (χ3n) is 4.36. The number of nitrogens with two attached hydrogens (primary N) is 1. The van der Waals surface area contributed by atoms with Crippen molar-refractivity contribution in [2.45, 2.75) is 43.3 Å². The molecule has 2 aliphatic rings. The Morgan fingerprint density at radius 2 is 2.21 bits per heavy atom. The summed E-state index contributed by atoms with van der Waals surface area (Å²) in [6.07, 6.45) is 0.902. The first-order chi connectivity index (χ1) is 11.6. The number of fused-ring (bicyclic) bond motifs is 1. The second-order valence-corrected chi connectivity index (χ2v) is 5.95. The zero-order chi connectivity index (χ0) is 16.7. The summed E-state index contributed by atoms with van der Waals surface area (Å²) in [6.45, 7) is 0.612. The number of ether oxygens (including phenoxy) is 3. The lowest BCUT2D eigenvalue weighted by atomic mass is 10.1. The predicted octanol–water partition coefficient (Wildman–Crippen LogP) is -1.46. The van der Waals surface area contributed by atoms with E-state index in [-0.39, 0.29) is 12.6 Å². The van der Waals surface area contributed by atoms with Gasteiger partial charge in [-0.25, -0.2) is 15.0 Å². The van der Waals surface area contributed by atoms with Crippen LogP contribution in [0.5, 0.6) is 0 Å². The molecule has 0 spiro atoms. The molecule has 2 fully saturated rings. The number of imidazole rings is 1. The van der Waals surface area contributed by atoms with Crippen LogP contribution in [0.15, 0.2) is 18.9 Å². The van der Waals surface area contributed by atoms with Crippen molar-refractivity contribution in [2.75, 3.05) is 13.2 Å². The molecule has 2 aromatic heterocycles. The van der Waals surface area contributed by atoms with E-state index in [4.69, 9.17) is 19.9 Å². The smallest absolute Gasteiger partial charge is 0.172 e. The van der Waals surface area contributed by atoms with E-state index in [1.54, 1.807) is 10.8 Å². The minimum Gasteiger partial charge on any atom is -0.387 e. The second-order valence-electron chi connectivity index (χ2n) is 5.95. The largest absolute Gasteiger partial charge is 0.387 e. The Bertz CT molecular complexity index is 712. The van der Waals surface area contributed by atoms with E-state index in [1.165, 1.54) is 12.7 Å². The van der Waals surface area contributed by atoms with E-state index in [2.05, 4.69) is 15.0 Å². The van der Waals surface area contributed by atoms with E-state index >= 15 is 0 Å². The molecular weight excluding hydrogens is 318 g/mol. The van der Waals surface area contributed by atoms with Gasteiger partial charge in [-0.05, 0) is 6.42 Å². The van der Waals surface area contributed by atoms with Crippen molar-refractivity contribution in [3.63, 3.8) is 0 Å². The molecule has 0 amide bonds. The highest BCUT2D eigenvalue weighted by molar-refractivity contribution is 5.68. The second kappa shape index (κ2) is 6.31. The Kier molecular flexibility index (Phi) is 4.16. The van der Waals surface area contributed by atoms with E-state index in [1.807, 2.05) is 0 Å². The number of aliphatic hydroxyl groups excluding tert-OH is 2. The molecule has 0 bridgehead atoms. The number of nitrogens with zero attached hydrogens (tertiary/aromatic N) is 4. The average Bonchev–Trinajstić information content (AvgIpc) is 3.26. The normalized spacial score (nSPS) is 36.6. The van der Waals surface area contributed by atoms with Crippen molar-refractivity contribution < 1.29 is 24.4 Å². The van der Waals surface area contributed by atoms with Crippen molar-refractivity contribution >= 4 is 11.2 Å². The van der Waals surface area contributed by atoms with Gasteiger partial charge in [0, 0.05) is 0 Å². The predicted molar refractivity (Wildman–Crippen MR) is 79.5 cm³/mol. The molecule has 0 radical (unpaired) electrons. The fourth-order valence-corrected chi connectivity index (χ4v) is 3.01. The highest BCUT2D eigenvalue weighted by atomic mass is 16.7. The van der Waals surface area contributed by atoms with Crippen LogP contribution in [-0.2, 0) is 14.2 Å². The van der Waals surface area contributed by atoms with Crippen LogP contribution >= 0.6 is 0 Å². The molecule has 2 saturated heterocycles. The molecule has 4 N–H and O–H groups in total. The topological polar surface area (TPSA) is 138 Å². The molecule has 24 heavy (non-hydrogen) atoms. The first-order valence-electron chi connectivity index (χ1n) is 7.78. The SMILES string of the molecule is N[C@@H]1CCOC1OC[C@H]1O[C@@H](n2cnc3cncnc32)[C@H](O)[C@@H]1O. The van der Waals surface area contributed by atoms with E-state index in [0.717, 1.165) is 6.42 Å². The summed E-state index contributed by atoms with van der Waals surface area (Å²) < 4.78 is 18.3. The van der Waals surface area contributed by atoms with Crippen molar-refractivity contribution in [3.8, 4) is 0 Å². The first-order valence-corrected chi connectivity index (χ1v) is 7.78. The van der Waals surface area contributed by atoms with E-state index in [0.29, 0.717) is 17.8 Å². The van der Waals surface area contributed by atoms with Crippen LogP contribution in [0.4, 0.5) is 0 Å². The minimum atomic E-state index is -1.14. The van der Waals surface area contributed by atoms with Gasteiger partial charge >= 0.3 is 0 Å². The van der Waals surface area contributed by atoms with Gasteiger partial charge in [-0.2, -0.15) is 0 Å². The lowest BCUT2D eigenvalue weighted by molar-refractivity contribution is -0.153. The molecule has 4 rings (SSSR count). The molecule has 10 nitrogen and oxygen atoms in total. The van der Waals surface area contributed by atoms with Gasteiger partial charge in [-0.1, -0.05) is 0 Å². The lowest BCUT2D eigenvalue weighted by Crippen LogP contribution is -2.38. The zero-order valence-corrected chi connectivity index (χ0v) is 12.8. The minimum absolute atomic E-state index is 0.0642. The molecule has 6 atom stereocenters. The molecule has 10 heteroatoms. The molecule has 4 heterocycles. The Balaban J connectivity index is 1.48. The maximum atomic E-state index is 10.3. The van der Waals surface area contributed by atoms with Gasteiger partial charge in [0.05, 0.1) is 31.8 Å². The number of rotatable bonds is 4. The Labute approximate surface area is 137 Å². The highest BCUT2D eigenvalue weighted by Gasteiger charge is 2.45. The van der Waals surface area contributed by atoms with Gasteiger partial charge in [0.15, 0.2) is 18.2 Å². The van der Waals surface area contributed by atoms with Gasteiger partial charge < -0.3 is 30.2 Å².